The summed E-state index contributed by atoms with van der Waals surface area (Å²) in [5, 5.41) is 26.9. The average Bonchev–Trinajstić information content (AvgIpc) is 3.64. The summed E-state index contributed by atoms with van der Waals surface area (Å²) in [6, 6.07) is 6.96. The zero-order valence-electron chi connectivity index (χ0n) is 20.6. The number of hydrogen-bond donors (Lipinski definition) is 5. The van der Waals surface area contributed by atoms with Crippen LogP contribution < -0.4 is 16.4 Å². The van der Waals surface area contributed by atoms with Crippen molar-refractivity contribution in [3.05, 3.63) is 49.5 Å². The van der Waals surface area contributed by atoms with Crippen molar-refractivity contribution in [2.75, 3.05) is 37.7 Å². The van der Waals surface area contributed by atoms with Crippen LogP contribution in [-0.2, 0) is 4.74 Å². The number of imidazole rings is 1. The van der Waals surface area contributed by atoms with Crippen molar-refractivity contribution in [1.29, 1.82) is 0 Å². The largest absolute Gasteiger partial charge is 0.444 e. The molecule has 0 radical (unpaired) electrons. The molecule has 4 aromatic rings. The van der Waals surface area contributed by atoms with Crippen molar-refractivity contribution in [2.24, 2.45) is 0 Å². The Morgan fingerprint density at radius 1 is 1.24 bits per heavy atom. The molecule has 1 aliphatic rings. The van der Waals surface area contributed by atoms with Gasteiger partial charge in [-0.2, -0.15) is 0 Å². The molecule has 4 atom stereocenters. The van der Waals surface area contributed by atoms with Gasteiger partial charge in [0.15, 0.2) is 29.8 Å². The molecule has 0 aliphatic carbocycles. The zero-order valence-corrected chi connectivity index (χ0v) is 20.6. The molecule has 1 aromatic carbocycles. The van der Waals surface area contributed by atoms with E-state index in [0.29, 0.717) is 48.7 Å². The third-order valence-corrected chi connectivity index (χ3v) is 6.33. The first-order chi connectivity index (χ1) is 18.4. The Labute approximate surface area is 217 Å². The predicted octanol–water partition coefficient (Wildman–Crippen LogP) is 0.826. The fraction of sp³-hybridized carbons (Fsp3) is 0.375. The summed E-state index contributed by atoms with van der Waals surface area (Å²) in [5.41, 5.74) is 8.10. The number of hydrogen-bond acceptors (Lipinski definition) is 11. The van der Waals surface area contributed by atoms with Crippen molar-refractivity contribution in [3.63, 3.8) is 0 Å². The van der Waals surface area contributed by atoms with Crippen LogP contribution in [0.3, 0.4) is 0 Å². The number of nitrogens with zero attached hydrogens (tertiary/aromatic N) is 6. The minimum Gasteiger partial charge on any atom is -0.444 e. The molecule has 38 heavy (non-hydrogen) atoms. The van der Waals surface area contributed by atoms with Crippen LogP contribution in [0.5, 0.6) is 0 Å². The summed E-state index contributed by atoms with van der Waals surface area (Å²) in [6.07, 6.45) is 2.63. The van der Waals surface area contributed by atoms with Crippen molar-refractivity contribution in [3.8, 4) is 11.3 Å². The maximum Gasteiger partial charge on any atom is 0.319 e. The van der Waals surface area contributed by atoms with Crippen molar-refractivity contribution >= 4 is 28.7 Å². The molecule has 200 valence electrons. The van der Waals surface area contributed by atoms with E-state index < -0.39 is 24.5 Å². The normalized spacial score (nSPS) is 21.3. The Morgan fingerprint density at radius 2 is 2.11 bits per heavy atom. The number of aliphatic hydroxyl groups is 2. The van der Waals surface area contributed by atoms with E-state index in [0.717, 1.165) is 5.56 Å². The number of carbonyl (C=O) groups is 1. The Hall–Kier alpha value is -4.11. The summed E-state index contributed by atoms with van der Waals surface area (Å²) < 4.78 is 12.8. The number of carbonyl (C=O) groups excluding carboxylic acids is 1. The van der Waals surface area contributed by atoms with E-state index in [1.165, 1.54) is 19.0 Å². The number of aliphatic hydroxyl groups excluding tert-OH is 2. The number of nitrogen functional groups attached to an aromatic ring is 1. The minimum absolute atomic E-state index is 0.223. The zero-order chi connectivity index (χ0) is 26.6. The minimum atomic E-state index is -1.17. The number of likely N-dealkylation sites (N-methyl/N-ethyl adjacent to an activating group) is 1. The number of nitrogens with one attached hydrogen (secondary N) is 2. The van der Waals surface area contributed by atoms with Crippen LogP contribution in [0.2, 0.25) is 0 Å². The molecule has 3 aromatic heterocycles. The molecule has 0 unspecified atom stereocenters. The van der Waals surface area contributed by atoms with Gasteiger partial charge in [0.05, 0.1) is 12.5 Å². The fourth-order valence-corrected chi connectivity index (χ4v) is 4.40. The van der Waals surface area contributed by atoms with Gasteiger partial charge in [-0.25, -0.2) is 24.7 Å². The van der Waals surface area contributed by atoms with Crippen LogP contribution in [0.1, 0.15) is 12.6 Å². The van der Waals surface area contributed by atoms with Crippen LogP contribution in [0, 0.1) is 0 Å². The molecule has 0 spiro atoms. The summed E-state index contributed by atoms with van der Waals surface area (Å²) in [4.78, 5) is 30.5. The Kier molecular flexibility index (Phi) is 7.46. The van der Waals surface area contributed by atoms with Crippen molar-refractivity contribution in [2.45, 2.75) is 31.0 Å². The molecule has 0 bridgehead atoms. The average molecular weight is 524 g/mol. The first kappa shape index (κ1) is 25.5. The summed E-state index contributed by atoms with van der Waals surface area (Å²) in [5.74, 6) is 0.838. The second kappa shape index (κ2) is 11.1. The van der Waals surface area contributed by atoms with Gasteiger partial charge in [-0.3, -0.25) is 4.57 Å². The molecule has 1 fully saturated rings. The summed E-state index contributed by atoms with van der Waals surface area (Å²) in [7, 11) is 1.88. The molecule has 4 heterocycles. The third-order valence-electron chi connectivity index (χ3n) is 6.33. The highest BCUT2D eigenvalue weighted by molar-refractivity contribution is 5.89. The molecule has 6 N–H and O–H groups in total. The van der Waals surface area contributed by atoms with Gasteiger partial charge in [-0.15, -0.1) is 0 Å². The molecule has 2 amide bonds. The number of rotatable bonds is 9. The van der Waals surface area contributed by atoms with Gasteiger partial charge in [0, 0.05) is 24.3 Å². The lowest BCUT2D eigenvalue weighted by Gasteiger charge is -2.22. The summed E-state index contributed by atoms with van der Waals surface area (Å²) >= 11 is 0. The van der Waals surface area contributed by atoms with Gasteiger partial charge in [0.25, 0.3) is 0 Å². The first-order valence-electron chi connectivity index (χ1n) is 12.1. The molecule has 0 saturated carbocycles. The van der Waals surface area contributed by atoms with E-state index in [9.17, 15) is 15.0 Å². The van der Waals surface area contributed by atoms with Crippen LogP contribution >= 0.6 is 0 Å². The SMILES string of the molecule is CN(CCCNC(=O)Nc1cccc(-c2cnco2)c1)C[C@H]1O[C@@H](n2cnc3c(N)ncnc32)[C@H](O)[C@@H]1O. The smallest absolute Gasteiger partial charge is 0.319 e. The number of ether oxygens (including phenoxy) is 1. The van der Waals surface area contributed by atoms with E-state index in [1.807, 2.05) is 24.1 Å². The number of anilines is 2. The van der Waals surface area contributed by atoms with E-state index >= 15 is 0 Å². The lowest BCUT2D eigenvalue weighted by Crippen LogP contribution is -2.39. The quantitative estimate of drug-likeness (QED) is 0.195. The van der Waals surface area contributed by atoms with Gasteiger partial charge < -0.3 is 40.6 Å². The van der Waals surface area contributed by atoms with Gasteiger partial charge in [-0.05, 0) is 32.1 Å². The fourth-order valence-electron chi connectivity index (χ4n) is 4.40. The van der Waals surface area contributed by atoms with Crippen LogP contribution in [0.15, 0.2) is 53.9 Å². The number of aromatic nitrogens is 5. The Bertz CT molecular complexity index is 1380. The maximum atomic E-state index is 12.3. The lowest BCUT2D eigenvalue weighted by molar-refractivity contribution is -0.0421. The number of nitrogens with two attached hydrogens (primary N) is 1. The monoisotopic (exact) mass is 523 g/mol. The third kappa shape index (κ3) is 5.43. The van der Waals surface area contributed by atoms with E-state index in [4.69, 9.17) is 14.9 Å². The van der Waals surface area contributed by atoms with Gasteiger partial charge >= 0.3 is 6.03 Å². The van der Waals surface area contributed by atoms with Gasteiger partial charge in [0.1, 0.15) is 30.2 Å². The number of amides is 2. The van der Waals surface area contributed by atoms with Gasteiger partial charge in [-0.1, -0.05) is 12.1 Å². The van der Waals surface area contributed by atoms with Crippen LogP contribution in [0.4, 0.5) is 16.3 Å². The number of fused-ring (bicyclic) bond motifs is 1. The molecule has 14 nitrogen and oxygen atoms in total. The number of urea groups is 1. The highest BCUT2D eigenvalue weighted by atomic mass is 16.6. The highest BCUT2D eigenvalue weighted by Crippen LogP contribution is 2.32. The number of benzene rings is 1. The lowest BCUT2D eigenvalue weighted by atomic mass is 10.1. The molecular formula is C24H29N9O5. The van der Waals surface area contributed by atoms with Gasteiger partial charge in [0.2, 0.25) is 0 Å². The Morgan fingerprint density at radius 3 is 2.92 bits per heavy atom. The number of oxazole rings is 1. The van der Waals surface area contributed by atoms with E-state index in [2.05, 4.69) is 30.6 Å². The van der Waals surface area contributed by atoms with Crippen molar-refractivity contribution < 1.29 is 24.2 Å². The first-order valence-corrected chi connectivity index (χ1v) is 12.1. The van der Waals surface area contributed by atoms with Crippen molar-refractivity contribution in [1.82, 2.24) is 34.7 Å². The second-order valence-electron chi connectivity index (χ2n) is 9.07. The Balaban J connectivity index is 1.07. The molecule has 5 rings (SSSR count). The summed E-state index contributed by atoms with van der Waals surface area (Å²) in [6.45, 7) is 1.45. The second-order valence-corrected chi connectivity index (χ2v) is 9.07. The molecule has 1 aliphatic heterocycles. The molecular weight excluding hydrogens is 494 g/mol. The van der Waals surface area contributed by atoms with E-state index in [-0.39, 0.29) is 11.8 Å². The predicted molar refractivity (Wildman–Crippen MR) is 137 cm³/mol. The highest BCUT2D eigenvalue weighted by Gasteiger charge is 2.44. The van der Waals surface area contributed by atoms with E-state index in [1.54, 1.807) is 22.9 Å². The molecule has 14 heteroatoms. The van der Waals surface area contributed by atoms with Crippen LogP contribution in [0.25, 0.3) is 22.5 Å². The van der Waals surface area contributed by atoms with Crippen LogP contribution in [-0.4, -0.2) is 90.6 Å². The standard InChI is InChI=1S/C24H29N9O5/c1-32(7-3-6-27-24(36)31-15-5-2-4-14(8-15)16-9-26-13-37-16)10-17-19(34)20(35)23(38-17)33-12-30-18-21(25)28-11-29-22(18)33/h2,4-5,8-9,11-13,17,19-20,23,34-35H,3,6-7,10H2,1H3,(H2,25,28,29)(H2,27,31,36)/t17-,19-,20-,23-/m1/s1. The molecule has 1 saturated heterocycles. The maximum absolute atomic E-state index is 12.3. The topological polar surface area (TPSA) is 190 Å².